The van der Waals surface area contributed by atoms with E-state index in [1.165, 1.54) is 12.3 Å². The number of anilines is 1. The molecule has 0 bridgehead atoms. The monoisotopic (exact) mass is 323 g/mol. The zero-order valence-electron chi connectivity index (χ0n) is 12.2. The number of benzene rings is 1. The van der Waals surface area contributed by atoms with Crippen LogP contribution in [0.2, 0.25) is 0 Å². The number of fused-ring (bicyclic) bond motifs is 1. The standard InChI is InChI=1S/C14H12F3N5O/c1-7-19-10-6-8(5-9(11(10)20-7)14(15,16)17)12(23)21-13-18-3-4-22(13)2/h3-6H,1-2H3,(H,19,20)(H,18,21,23). The number of imidazole rings is 2. The van der Waals surface area contributed by atoms with Crippen LogP contribution in [-0.2, 0) is 13.2 Å². The lowest BCUT2D eigenvalue weighted by molar-refractivity contribution is -0.136. The minimum absolute atomic E-state index is 0.128. The molecule has 0 saturated heterocycles. The number of hydrogen-bond acceptors (Lipinski definition) is 3. The Balaban J connectivity index is 2.07. The Morgan fingerprint density at radius 3 is 2.70 bits per heavy atom. The van der Waals surface area contributed by atoms with Crippen molar-refractivity contribution >= 4 is 22.9 Å². The van der Waals surface area contributed by atoms with Gasteiger partial charge in [0, 0.05) is 25.0 Å². The third kappa shape index (κ3) is 2.77. The predicted molar refractivity (Wildman–Crippen MR) is 77.0 cm³/mol. The first-order valence-corrected chi connectivity index (χ1v) is 6.62. The van der Waals surface area contributed by atoms with Crippen LogP contribution in [0.5, 0.6) is 0 Å². The number of aromatic nitrogens is 4. The molecule has 6 nitrogen and oxygen atoms in total. The maximum absolute atomic E-state index is 13.2. The van der Waals surface area contributed by atoms with Gasteiger partial charge in [0.2, 0.25) is 5.95 Å². The lowest BCUT2D eigenvalue weighted by Gasteiger charge is -2.10. The number of carbonyl (C=O) groups excluding carboxylic acids is 1. The van der Waals surface area contributed by atoms with Gasteiger partial charge in [0.15, 0.2) is 0 Å². The topological polar surface area (TPSA) is 75.6 Å². The average molecular weight is 323 g/mol. The van der Waals surface area contributed by atoms with Crippen LogP contribution in [0.4, 0.5) is 19.1 Å². The first-order valence-electron chi connectivity index (χ1n) is 6.62. The van der Waals surface area contributed by atoms with E-state index in [0.717, 1.165) is 6.07 Å². The van der Waals surface area contributed by atoms with Crippen molar-refractivity contribution in [3.8, 4) is 0 Å². The molecule has 2 heterocycles. The van der Waals surface area contributed by atoms with Gasteiger partial charge in [0.25, 0.3) is 5.91 Å². The van der Waals surface area contributed by atoms with Gasteiger partial charge >= 0.3 is 6.18 Å². The highest BCUT2D eigenvalue weighted by Crippen LogP contribution is 2.35. The van der Waals surface area contributed by atoms with Gasteiger partial charge in [0.1, 0.15) is 11.3 Å². The molecule has 0 aliphatic carbocycles. The summed E-state index contributed by atoms with van der Waals surface area (Å²) < 4.78 is 41.2. The van der Waals surface area contributed by atoms with Crippen molar-refractivity contribution in [3.05, 3.63) is 41.5 Å². The Morgan fingerprint density at radius 1 is 1.35 bits per heavy atom. The van der Waals surface area contributed by atoms with Gasteiger partial charge in [-0.2, -0.15) is 13.2 Å². The number of rotatable bonds is 2. The summed E-state index contributed by atoms with van der Waals surface area (Å²) in [5.74, 6) is -0.101. The van der Waals surface area contributed by atoms with E-state index < -0.39 is 17.6 Å². The lowest BCUT2D eigenvalue weighted by Crippen LogP contribution is -2.16. The van der Waals surface area contributed by atoms with Gasteiger partial charge in [-0.05, 0) is 19.1 Å². The summed E-state index contributed by atoms with van der Waals surface area (Å²) in [7, 11) is 1.66. The number of nitrogens with zero attached hydrogens (tertiary/aromatic N) is 3. The van der Waals surface area contributed by atoms with Crippen molar-refractivity contribution in [3.63, 3.8) is 0 Å². The molecule has 0 spiro atoms. The number of aromatic amines is 1. The minimum atomic E-state index is -4.61. The molecule has 0 atom stereocenters. The Bertz CT molecular complexity index is 894. The smallest absolute Gasteiger partial charge is 0.342 e. The van der Waals surface area contributed by atoms with Crippen LogP contribution >= 0.6 is 0 Å². The number of hydrogen-bond donors (Lipinski definition) is 2. The number of amides is 1. The van der Waals surface area contributed by atoms with Crippen LogP contribution < -0.4 is 5.32 Å². The SMILES string of the molecule is Cc1nc2c(C(F)(F)F)cc(C(=O)Nc3nccn3C)cc2[nH]1. The second kappa shape index (κ2) is 5.11. The molecule has 3 aromatic rings. The molecule has 1 aromatic carbocycles. The van der Waals surface area contributed by atoms with E-state index in [-0.39, 0.29) is 22.5 Å². The van der Waals surface area contributed by atoms with E-state index in [1.54, 1.807) is 24.7 Å². The maximum atomic E-state index is 13.2. The quantitative estimate of drug-likeness (QED) is 0.761. The lowest BCUT2D eigenvalue weighted by atomic mass is 10.1. The van der Waals surface area contributed by atoms with Crippen LogP contribution in [-0.4, -0.2) is 25.4 Å². The van der Waals surface area contributed by atoms with Crippen molar-refractivity contribution in [2.24, 2.45) is 7.05 Å². The average Bonchev–Trinajstić information content (AvgIpc) is 3.01. The maximum Gasteiger partial charge on any atom is 0.418 e. The van der Waals surface area contributed by atoms with Gasteiger partial charge < -0.3 is 9.55 Å². The summed E-state index contributed by atoms with van der Waals surface area (Å²) in [4.78, 5) is 22.7. The second-order valence-electron chi connectivity index (χ2n) is 5.06. The molecule has 0 aliphatic rings. The minimum Gasteiger partial charge on any atom is -0.342 e. The summed E-state index contributed by atoms with van der Waals surface area (Å²) in [6, 6.07) is 2.13. The number of H-pyrrole nitrogens is 1. The molecule has 9 heteroatoms. The number of aryl methyl sites for hydroxylation is 2. The van der Waals surface area contributed by atoms with E-state index in [0.29, 0.717) is 5.82 Å². The largest absolute Gasteiger partial charge is 0.418 e. The molecule has 0 unspecified atom stereocenters. The van der Waals surface area contributed by atoms with Gasteiger partial charge in [-0.3, -0.25) is 10.1 Å². The van der Waals surface area contributed by atoms with Crippen LogP contribution in [0, 0.1) is 6.92 Å². The van der Waals surface area contributed by atoms with Gasteiger partial charge in [-0.1, -0.05) is 0 Å². The molecule has 0 radical (unpaired) electrons. The summed E-state index contributed by atoms with van der Waals surface area (Å²) in [6.45, 7) is 1.55. The highest BCUT2D eigenvalue weighted by atomic mass is 19.4. The molecular formula is C14H12F3N5O. The van der Waals surface area contributed by atoms with Gasteiger partial charge in [-0.15, -0.1) is 0 Å². The van der Waals surface area contributed by atoms with Crippen molar-refractivity contribution in [2.75, 3.05) is 5.32 Å². The summed E-state index contributed by atoms with van der Waals surface area (Å²) in [5, 5.41) is 2.47. The number of nitrogens with one attached hydrogen (secondary N) is 2. The predicted octanol–water partition coefficient (Wildman–Crippen LogP) is 2.88. The zero-order valence-corrected chi connectivity index (χ0v) is 12.2. The van der Waals surface area contributed by atoms with E-state index >= 15 is 0 Å². The Labute approximate surface area is 128 Å². The molecule has 120 valence electrons. The fourth-order valence-corrected chi connectivity index (χ4v) is 2.25. The first kappa shape index (κ1) is 15.1. The van der Waals surface area contributed by atoms with Crippen molar-refractivity contribution in [1.82, 2.24) is 19.5 Å². The molecule has 0 saturated carbocycles. The Hall–Kier alpha value is -2.84. The normalized spacial score (nSPS) is 11.9. The van der Waals surface area contributed by atoms with Crippen LogP contribution in [0.15, 0.2) is 24.5 Å². The van der Waals surface area contributed by atoms with E-state index in [2.05, 4.69) is 20.3 Å². The second-order valence-corrected chi connectivity index (χ2v) is 5.06. The van der Waals surface area contributed by atoms with E-state index in [1.807, 2.05) is 0 Å². The molecule has 0 fully saturated rings. The number of carbonyl (C=O) groups is 1. The summed E-state index contributed by atoms with van der Waals surface area (Å²) >= 11 is 0. The van der Waals surface area contributed by atoms with Crippen LogP contribution in [0.1, 0.15) is 21.7 Å². The van der Waals surface area contributed by atoms with Crippen molar-refractivity contribution in [1.29, 1.82) is 0 Å². The van der Waals surface area contributed by atoms with Crippen LogP contribution in [0.25, 0.3) is 11.0 Å². The van der Waals surface area contributed by atoms with E-state index in [4.69, 9.17) is 0 Å². The molecular weight excluding hydrogens is 311 g/mol. The molecule has 3 rings (SSSR count). The summed E-state index contributed by atoms with van der Waals surface area (Å²) in [6.07, 6.45) is -1.53. The van der Waals surface area contributed by atoms with Gasteiger partial charge in [-0.25, -0.2) is 9.97 Å². The highest BCUT2D eigenvalue weighted by Gasteiger charge is 2.35. The molecule has 2 aromatic heterocycles. The number of halogens is 3. The fourth-order valence-electron chi connectivity index (χ4n) is 2.25. The third-order valence-corrected chi connectivity index (χ3v) is 3.32. The number of alkyl halides is 3. The third-order valence-electron chi connectivity index (χ3n) is 3.32. The highest BCUT2D eigenvalue weighted by molar-refractivity contribution is 6.05. The van der Waals surface area contributed by atoms with Crippen LogP contribution in [0.3, 0.4) is 0 Å². The van der Waals surface area contributed by atoms with Gasteiger partial charge in [0.05, 0.1) is 11.1 Å². The molecule has 2 N–H and O–H groups in total. The summed E-state index contributed by atoms with van der Waals surface area (Å²) in [5.41, 5.74) is -1.13. The first-order chi connectivity index (χ1) is 10.8. The molecule has 0 aliphatic heterocycles. The molecule has 1 amide bonds. The van der Waals surface area contributed by atoms with Crippen molar-refractivity contribution < 1.29 is 18.0 Å². The van der Waals surface area contributed by atoms with Crippen molar-refractivity contribution in [2.45, 2.75) is 13.1 Å². The fraction of sp³-hybridized carbons (Fsp3) is 0.214. The molecule has 23 heavy (non-hydrogen) atoms. The Morgan fingerprint density at radius 2 is 2.09 bits per heavy atom. The zero-order chi connectivity index (χ0) is 16.8. The van der Waals surface area contributed by atoms with E-state index in [9.17, 15) is 18.0 Å². The Kier molecular flexibility index (Phi) is 3.35.